The predicted octanol–water partition coefficient (Wildman–Crippen LogP) is 3.91. The van der Waals surface area contributed by atoms with E-state index in [1.54, 1.807) is 0 Å². The van der Waals surface area contributed by atoms with Crippen LogP contribution in [0.25, 0.3) is 0 Å². The van der Waals surface area contributed by atoms with Gasteiger partial charge >= 0.3 is 0 Å². The van der Waals surface area contributed by atoms with Crippen LogP contribution in [-0.4, -0.2) is 24.2 Å². The average molecular weight is 283 g/mol. The summed E-state index contributed by atoms with van der Waals surface area (Å²) >= 11 is 0. The van der Waals surface area contributed by atoms with Gasteiger partial charge in [0, 0.05) is 5.54 Å². The van der Waals surface area contributed by atoms with E-state index in [1.807, 2.05) is 0 Å². The molecule has 0 aromatic carbocycles. The molecule has 1 N–H and O–H groups in total. The number of carbonyl (C=O) groups is 1. The Balaban J connectivity index is 2.61. The molecule has 1 aliphatic rings. The van der Waals surface area contributed by atoms with Crippen LogP contribution in [0.1, 0.15) is 73.6 Å². The summed E-state index contributed by atoms with van der Waals surface area (Å²) in [6.07, 6.45) is 5.66. The van der Waals surface area contributed by atoms with E-state index in [2.05, 4.69) is 46.9 Å². The van der Waals surface area contributed by atoms with E-state index in [0.29, 0.717) is 5.92 Å². The molecule has 0 aromatic rings. The van der Waals surface area contributed by atoms with Crippen LogP contribution in [-0.2, 0) is 9.53 Å². The molecule has 0 aliphatic heterocycles. The lowest BCUT2D eigenvalue weighted by Gasteiger charge is -2.34. The second kappa shape index (κ2) is 6.93. The van der Waals surface area contributed by atoms with E-state index in [9.17, 15) is 4.79 Å². The van der Waals surface area contributed by atoms with Crippen LogP contribution >= 0.6 is 0 Å². The van der Waals surface area contributed by atoms with Gasteiger partial charge in [-0.1, -0.05) is 40.5 Å². The molecule has 1 amide bonds. The number of amides is 1. The van der Waals surface area contributed by atoms with Crippen molar-refractivity contribution < 1.29 is 9.53 Å². The molecule has 3 heteroatoms. The summed E-state index contributed by atoms with van der Waals surface area (Å²) in [5.41, 5.74) is -0.343. The number of hydrogen-bond donors (Lipinski definition) is 1. The van der Waals surface area contributed by atoms with E-state index in [-0.39, 0.29) is 23.0 Å². The zero-order valence-corrected chi connectivity index (χ0v) is 14.2. The van der Waals surface area contributed by atoms with Gasteiger partial charge in [-0.05, 0) is 44.4 Å². The van der Waals surface area contributed by atoms with Gasteiger partial charge in [0.05, 0.1) is 6.61 Å². The van der Waals surface area contributed by atoms with Crippen molar-refractivity contribution in [3.8, 4) is 0 Å². The van der Waals surface area contributed by atoms with Crippen molar-refractivity contribution in [3.05, 3.63) is 0 Å². The maximum absolute atomic E-state index is 12.5. The van der Waals surface area contributed by atoms with Gasteiger partial charge in [0.2, 0.25) is 5.91 Å². The van der Waals surface area contributed by atoms with Gasteiger partial charge < -0.3 is 10.1 Å². The van der Waals surface area contributed by atoms with Gasteiger partial charge in [-0.2, -0.15) is 0 Å². The van der Waals surface area contributed by atoms with Gasteiger partial charge in [-0.25, -0.2) is 0 Å². The zero-order valence-electron chi connectivity index (χ0n) is 14.2. The van der Waals surface area contributed by atoms with E-state index in [4.69, 9.17) is 4.74 Å². The second-order valence-corrected chi connectivity index (χ2v) is 7.96. The quantitative estimate of drug-likeness (QED) is 0.802. The molecular formula is C17H33NO2. The molecule has 0 aromatic heterocycles. The largest absolute Gasteiger partial charge is 0.368 e. The van der Waals surface area contributed by atoms with Crippen molar-refractivity contribution >= 4 is 5.91 Å². The van der Waals surface area contributed by atoms with Crippen LogP contribution in [0.5, 0.6) is 0 Å². The highest BCUT2D eigenvalue weighted by molar-refractivity contribution is 5.82. The van der Waals surface area contributed by atoms with E-state index in [1.165, 1.54) is 25.7 Å². The Labute approximate surface area is 124 Å². The summed E-state index contributed by atoms with van der Waals surface area (Å²) < 4.78 is 6.03. The van der Waals surface area contributed by atoms with Crippen LogP contribution < -0.4 is 5.32 Å². The third-order valence-electron chi connectivity index (χ3n) is 4.34. The first kappa shape index (κ1) is 17.5. The lowest BCUT2D eigenvalue weighted by molar-refractivity contribution is -0.143. The van der Waals surface area contributed by atoms with E-state index >= 15 is 0 Å². The fourth-order valence-corrected chi connectivity index (χ4v) is 2.62. The first-order valence-electron chi connectivity index (χ1n) is 8.09. The molecule has 1 aliphatic carbocycles. The minimum atomic E-state index is -0.367. The first-order valence-corrected chi connectivity index (χ1v) is 8.09. The Morgan fingerprint density at radius 2 is 1.75 bits per heavy atom. The minimum Gasteiger partial charge on any atom is -0.368 e. The topological polar surface area (TPSA) is 38.3 Å². The molecule has 1 rings (SSSR count). The molecule has 20 heavy (non-hydrogen) atoms. The van der Waals surface area contributed by atoms with Gasteiger partial charge in [0.1, 0.15) is 6.10 Å². The average Bonchev–Trinajstić information content (AvgIpc) is 2.79. The molecule has 3 nitrogen and oxygen atoms in total. The number of ether oxygens (including phenoxy) is 1. The van der Waals surface area contributed by atoms with Crippen LogP contribution in [0.4, 0.5) is 0 Å². The SMILES string of the molecule is CCC(C)(C)NC(=O)C(OCC1CCCC1)C(C)(C)C. The molecule has 1 saturated carbocycles. The monoisotopic (exact) mass is 283 g/mol. The molecule has 1 fully saturated rings. The summed E-state index contributed by atoms with van der Waals surface area (Å²) in [7, 11) is 0. The summed E-state index contributed by atoms with van der Waals surface area (Å²) in [6, 6.07) is 0. The first-order chi connectivity index (χ1) is 9.15. The fourth-order valence-electron chi connectivity index (χ4n) is 2.62. The smallest absolute Gasteiger partial charge is 0.250 e. The van der Waals surface area contributed by atoms with E-state index in [0.717, 1.165) is 13.0 Å². The Morgan fingerprint density at radius 3 is 2.20 bits per heavy atom. The molecule has 0 saturated heterocycles. The molecule has 0 spiro atoms. The molecular weight excluding hydrogens is 250 g/mol. The van der Waals surface area contributed by atoms with Gasteiger partial charge in [0.25, 0.3) is 0 Å². The number of rotatable bonds is 6. The van der Waals surface area contributed by atoms with Gasteiger partial charge in [-0.15, -0.1) is 0 Å². The lowest BCUT2D eigenvalue weighted by Crippen LogP contribution is -2.52. The van der Waals surface area contributed by atoms with Crippen LogP contribution in [0.3, 0.4) is 0 Å². The highest BCUT2D eigenvalue weighted by atomic mass is 16.5. The second-order valence-electron chi connectivity index (χ2n) is 7.96. The van der Waals surface area contributed by atoms with Crippen molar-refractivity contribution in [1.29, 1.82) is 0 Å². The maximum Gasteiger partial charge on any atom is 0.250 e. The summed E-state index contributed by atoms with van der Waals surface area (Å²) in [5.74, 6) is 0.675. The van der Waals surface area contributed by atoms with Crippen LogP contribution in [0.2, 0.25) is 0 Å². The van der Waals surface area contributed by atoms with Gasteiger partial charge in [-0.3, -0.25) is 4.79 Å². The lowest BCUT2D eigenvalue weighted by atomic mass is 9.87. The van der Waals surface area contributed by atoms with E-state index < -0.39 is 0 Å². The van der Waals surface area contributed by atoms with Gasteiger partial charge in [0.15, 0.2) is 0 Å². The fraction of sp³-hybridized carbons (Fsp3) is 0.941. The Hall–Kier alpha value is -0.570. The predicted molar refractivity (Wildman–Crippen MR) is 83.7 cm³/mol. The third-order valence-corrected chi connectivity index (χ3v) is 4.34. The van der Waals surface area contributed by atoms with Crippen molar-refractivity contribution in [2.75, 3.05) is 6.61 Å². The third kappa shape index (κ3) is 5.43. The number of carbonyl (C=O) groups excluding carboxylic acids is 1. The Morgan fingerprint density at radius 1 is 1.20 bits per heavy atom. The number of nitrogens with one attached hydrogen (secondary N) is 1. The Bertz CT molecular complexity index is 311. The molecule has 0 heterocycles. The summed E-state index contributed by atoms with van der Waals surface area (Å²) in [6.45, 7) is 13.2. The van der Waals surface area contributed by atoms with Crippen molar-refractivity contribution in [3.63, 3.8) is 0 Å². The van der Waals surface area contributed by atoms with Crippen LogP contribution in [0, 0.1) is 11.3 Å². The maximum atomic E-state index is 12.5. The molecule has 1 atom stereocenters. The normalized spacial score (nSPS) is 19.1. The summed E-state index contributed by atoms with van der Waals surface area (Å²) in [4.78, 5) is 12.5. The van der Waals surface area contributed by atoms with Crippen molar-refractivity contribution in [2.24, 2.45) is 11.3 Å². The molecule has 0 radical (unpaired) electrons. The summed E-state index contributed by atoms with van der Waals surface area (Å²) in [5, 5.41) is 3.12. The molecule has 1 unspecified atom stereocenters. The number of hydrogen-bond acceptors (Lipinski definition) is 2. The Kier molecular flexibility index (Phi) is 6.06. The van der Waals surface area contributed by atoms with Crippen molar-refractivity contribution in [2.45, 2.75) is 85.3 Å². The zero-order chi connectivity index (χ0) is 15.4. The highest BCUT2D eigenvalue weighted by Gasteiger charge is 2.35. The molecule has 0 bridgehead atoms. The van der Waals surface area contributed by atoms with Crippen molar-refractivity contribution in [1.82, 2.24) is 5.32 Å². The van der Waals surface area contributed by atoms with Crippen LogP contribution in [0.15, 0.2) is 0 Å². The highest BCUT2D eigenvalue weighted by Crippen LogP contribution is 2.28. The molecule has 118 valence electrons. The minimum absolute atomic E-state index is 0.0300. The standard InChI is InChI=1S/C17H33NO2/c1-7-17(5,6)18-15(19)14(16(2,3)4)20-12-13-10-8-9-11-13/h13-14H,7-12H2,1-6H3,(H,18,19).